The van der Waals surface area contributed by atoms with Crippen LogP contribution in [0.25, 0.3) is 0 Å². The van der Waals surface area contributed by atoms with Gasteiger partial charge in [0.15, 0.2) is 0 Å². The summed E-state index contributed by atoms with van der Waals surface area (Å²) in [4.78, 5) is 14.4. The summed E-state index contributed by atoms with van der Waals surface area (Å²) >= 11 is 0. The van der Waals surface area contributed by atoms with Crippen molar-refractivity contribution >= 4 is 5.91 Å². The third-order valence-electron chi connectivity index (χ3n) is 4.34. The lowest BCUT2D eigenvalue weighted by molar-refractivity contribution is 0.0708. The van der Waals surface area contributed by atoms with Crippen LogP contribution in [0.4, 0.5) is 0 Å². The van der Waals surface area contributed by atoms with E-state index in [1.165, 1.54) is 30.4 Å². The second-order valence-corrected chi connectivity index (χ2v) is 5.84. The number of nitrogens with two attached hydrogens (primary N) is 1. The Labute approximate surface area is 114 Å². The number of hydrogen-bond donors (Lipinski definition) is 1. The molecule has 1 aliphatic carbocycles. The molecule has 1 aromatic rings. The number of likely N-dealkylation sites (tertiary alicyclic amines) is 1. The fraction of sp³-hybridized carbons (Fsp3) is 0.562. The highest BCUT2D eigenvalue weighted by Gasteiger charge is 2.23. The summed E-state index contributed by atoms with van der Waals surface area (Å²) in [5.41, 5.74) is 9.60. The first kappa shape index (κ1) is 12.7. The monoisotopic (exact) mass is 258 g/mol. The van der Waals surface area contributed by atoms with Gasteiger partial charge in [-0.3, -0.25) is 4.79 Å². The van der Waals surface area contributed by atoms with Crippen LogP contribution in [0.5, 0.6) is 0 Å². The molecule has 3 rings (SSSR count). The largest absolute Gasteiger partial charge is 0.337 e. The zero-order valence-corrected chi connectivity index (χ0v) is 11.4. The van der Waals surface area contributed by atoms with Crippen molar-refractivity contribution in [1.82, 2.24) is 4.90 Å². The number of benzene rings is 1. The van der Waals surface area contributed by atoms with E-state index in [1.807, 2.05) is 11.0 Å². The zero-order valence-electron chi connectivity index (χ0n) is 11.4. The van der Waals surface area contributed by atoms with Gasteiger partial charge < -0.3 is 10.6 Å². The highest BCUT2D eigenvalue weighted by Crippen LogP contribution is 2.23. The van der Waals surface area contributed by atoms with Gasteiger partial charge in [-0.05, 0) is 61.8 Å². The number of hydrogen-bond acceptors (Lipinski definition) is 2. The molecule has 2 aliphatic rings. The third-order valence-corrected chi connectivity index (χ3v) is 4.34. The van der Waals surface area contributed by atoms with E-state index in [1.54, 1.807) is 0 Å². The van der Waals surface area contributed by atoms with E-state index in [-0.39, 0.29) is 11.9 Å². The Morgan fingerprint density at radius 2 is 1.95 bits per heavy atom. The number of amides is 1. The fourth-order valence-electron chi connectivity index (χ4n) is 3.24. The average molecular weight is 258 g/mol. The molecule has 1 aliphatic heterocycles. The first-order valence-electron chi connectivity index (χ1n) is 7.41. The number of nitrogens with zero attached hydrogens (tertiary/aromatic N) is 1. The minimum atomic E-state index is 0.148. The van der Waals surface area contributed by atoms with Crippen molar-refractivity contribution in [2.75, 3.05) is 13.1 Å². The van der Waals surface area contributed by atoms with E-state index in [9.17, 15) is 4.79 Å². The van der Waals surface area contributed by atoms with Crippen LogP contribution in [0.1, 0.15) is 47.2 Å². The molecule has 1 atom stereocenters. The Kier molecular flexibility index (Phi) is 3.56. The Hall–Kier alpha value is -1.35. The van der Waals surface area contributed by atoms with Crippen molar-refractivity contribution in [1.29, 1.82) is 0 Å². The molecule has 102 valence electrons. The molecule has 0 aromatic heterocycles. The molecule has 1 heterocycles. The van der Waals surface area contributed by atoms with Gasteiger partial charge in [0.2, 0.25) is 0 Å². The second kappa shape index (κ2) is 5.33. The van der Waals surface area contributed by atoms with Crippen LogP contribution in [0, 0.1) is 0 Å². The summed E-state index contributed by atoms with van der Waals surface area (Å²) < 4.78 is 0. The maximum absolute atomic E-state index is 12.5. The Morgan fingerprint density at radius 3 is 2.74 bits per heavy atom. The van der Waals surface area contributed by atoms with Crippen LogP contribution in [0.3, 0.4) is 0 Å². The summed E-state index contributed by atoms with van der Waals surface area (Å²) in [6, 6.07) is 6.39. The van der Waals surface area contributed by atoms with E-state index in [0.29, 0.717) is 6.54 Å². The van der Waals surface area contributed by atoms with Gasteiger partial charge in [-0.2, -0.15) is 0 Å². The number of carbonyl (C=O) groups is 1. The van der Waals surface area contributed by atoms with E-state index in [2.05, 4.69) is 12.1 Å². The SMILES string of the molecule is NC1CCCN(C(=O)c2ccc3c(c2)CCCC3)C1. The Balaban J connectivity index is 1.79. The number of aryl methyl sites for hydroxylation is 2. The van der Waals surface area contributed by atoms with Crippen LogP contribution in [-0.2, 0) is 12.8 Å². The average Bonchev–Trinajstić information content (AvgIpc) is 2.46. The van der Waals surface area contributed by atoms with Crippen LogP contribution in [0.15, 0.2) is 18.2 Å². The van der Waals surface area contributed by atoms with E-state index < -0.39 is 0 Å². The van der Waals surface area contributed by atoms with Gasteiger partial charge >= 0.3 is 0 Å². The van der Waals surface area contributed by atoms with Crippen molar-refractivity contribution in [2.45, 2.75) is 44.6 Å². The molecule has 0 spiro atoms. The number of fused-ring (bicyclic) bond motifs is 1. The van der Waals surface area contributed by atoms with Gasteiger partial charge in [-0.15, -0.1) is 0 Å². The molecule has 3 heteroatoms. The maximum atomic E-state index is 12.5. The molecule has 1 unspecified atom stereocenters. The molecule has 1 saturated heterocycles. The van der Waals surface area contributed by atoms with Crippen molar-refractivity contribution < 1.29 is 4.79 Å². The lowest BCUT2D eigenvalue weighted by Crippen LogP contribution is -2.45. The van der Waals surface area contributed by atoms with Crippen molar-refractivity contribution in [3.63, 3.8) is 0 Å². The summed E-state index contributed by atoms with van der Waals surface area (Å²) in [6.45, 7) is 1.56. The van der Waals surface area contributed by atoms with Gasteiger partial charge in [0.1, 0.15) is 0 Å². The van der Waals surface area contributed by atoms with E-state index >= 15 is 0 Å². The van der Waals surface area contributed by atoms with Gasteiger partial charge in [0.25, 0.3) is 5.91 Å². The van der Waals surface area contributed by atoms with E-state index in [0.717, 1.165) is 31.4 Å². The van der Waals surface area contributed by atoms with Crippen LogP contribution in [-0.4, -0.2) is 29.9 Å². The first-order chi connectivity index (χ1) is 9.24. The molecule has 3 nitrogen and oxygen atoms in total. The normalized spacial score (nSPS) is 23.0. The molecule has 2 N–H and O–H groups in total. The van der Waals surface area contributed by atoms with Crippen molar-refractivity contribution in [3.8, 4) is 0 Å². The highest BCUT2D eigenvalue weighted by molar-refractivity contribution is 5.94. The molecular weight excluding hydrogens is 236 g/mol. The van der Waals surface area contributed by atoms with Gasteiger partial charge in [0.05, 0.1) is 0 Å². The number of piperidine rings is 1. The molecule has 0 radical (unpaired) electrons. The van der Waals surface area contributed by atoms with Crippen LogP contribution >= 0.6 is 0 Å². The molecule has 0 saturated carbocycles. The molecule has 0 bridgehead atoms. The summed E-state index contributed by atoms with van der Waals surface area (Å²) in [7, 11) is 0. The lowest BCUT2D eigenvalue weighted by atomic mass is 9.90. The van der Waals surface area contributed by atoms with Crippen LogP contribution in [0.2, 0.25) is 0 Å². The van der Waals surface area contributed by atoms with E-state index in [4.69, 9.17) is 5.73 Å². The number of carbonyl (C=O) groups excluding carboxylic acids is 1. The summed E-state index contributed by atoms with van der Waals surface area (Å²) in [5, 5.41) is 0. The minimum Gasteiger partial charge on any atom is -0.337 e. The fourth-order valence-corrected chi connectivity index (χ4v) is 3.24. The summed E-state index contributed by atoms with van der Waals surface area (Å²) in [6.07, 6.45) is 6.88. The van der Waals surface area contributed by atoms with Gasteiger partial charge in [-0.1, -0.05) is 6.07 Å². The maximum Gasteiger partial charge on any atom is 0.253 e. The number of rotatable bonds is 1. The third kappa shape index (κ3) is 2.66. The van der Waals surface area contributed by atoms with Crippen molar-refractivity contribution in [2.24, 2.45) is 5.73 Å². The second-order valence-electron chi connectivity index (χ2n) is 5.84. The zero-order chi connectivity index (χ0) is 13.2. The predicted octanol–water partition coefficient (Wildman–Crippen LogP) is 2.13. The smallest absolute Gasteiger partial charge is 0.253 e. The molecule has 19 heavy (non-hydrogen) atoms. The molecule has 1 aromatic carbocycles. The molecular formula is C16H22N2O. The van der Waals surface area contributed by atoms with Gasteiger partial charge in [0, 0.05) is 24.7 Å². The Bertz CT molecular complexity index is 484. The predicted molar refractivity (Wildman–Crippen MR) is 76.2 cm³/mol. The molecule has 1 amide bonds. The minimum absolute atomic E-state index is 0.148. The van der Waals surface area contributed by atoms with Gasteiger partial charge in [-0.25, -0.2) is 0 Å². The summed E-state index contributed by atoms with van der Waals surface area (Å²) in [5.74, 6) is 0.156. The molecule has 1 fully saturated rings. The Morgan fingerprint density at radius 1 is 1.16 bits per heavy atom. The van der Waals surface area contributed by atoms with Crippen LogP contribution < -0.4 is 5.73 Å². The van der Waals surface area contributed by atoms with Crippen molar-refractivity contribution in [3.05, 3.63) is 34.9 Å². The topological polar surface area (TPSA) is 46.3 Å². The quantitative estimate of drug-likeness (QED) is 0.838. The highest BCUT2D eigenvalue weighted by atomic mass is 16.2. The standard InChI is InChI=1S/C16H22N2O/c17-15-6-3-9-18(11-15)16(19)14-8-7-12-4-1-2-5-13(12)10-14/h7-8,10,15H,1-6,9,11,17H2. The first-order valence-corrected chi connectivity index (χ1v) is 7.41. The lowest BCUT2D eigenvalue weighted by Gasteiger charge is -2.31.